The molecule has 4 aromatic rings. The Hall–Kier alpha value is -4.07. The second kappa shape index (κ2) is 9.76. The van der Waals surface area contributed by atoms with Gasteiger partial charge in [0.15, 0.2) is 5.58 Å². The SMILES string of the molecule is O=C(Nc1ccc2oc(-c3ccnc(C(=O)N4CCC(Cc5ccccc5)CC4)c3)nc2c1)[C@@H]1C[C@@H]1F. The standard InChI is InChI=1S/C29H27FN4O3/c30-23-17-22(23)27(35)32-21-6-7-26-24(16-21)33-28(37-26)20-8-11-31-25(15-20)29(36)34-12-9-19(10-13-34)14-18-4-2-1-3-5-18/h1-8,11,15-16,19,22-23H,9-10,12-14,17H2,(H,32,35)/t22-,23+/m1/s1. The number of nitrogens with zero attached hydrogens (tertiary/aromatic N) is 3. The first-order chi connectivity index (χ1) is 18.0. The molecular formula is C29H27FN4O3. The molecule has 1 saturated heterocycles. The van der Waals surface area contributed by atoms with Crippen LogP contribution in [0, 0.1) is 11.8 Å². The van der Waals surface area contributed by atoms with Crippen LogP contribution < -0.4 is 5.32 Å². The Morgan fingerprint density at radius 1 is 1.05 bits per heavy atom. The third-order valence-electron chi connectivity index (χ3n) is 7.20. The molecule has 188 valence electrons. The minimum atomic E-state index is -1.05. The van der Waals surface area contributed by atoms with E-state index < -0.39 is 12.1 Å². The number of likely N-dealkylation sites (tertiary alicyclic amines) is 1. The molecule has 0 spiro atoms. The number of carbonyl (C=O) groups is 2. The van der Waals surface area contributed by atoms with E-state index in [1.807, 2.05) is 11.0 Å². The van der Waals surface area contributed by atoms with Gasteiger partial charge in [-0.3, -0.25) is 14.6 Å². The highest BCUT2D eigenvalue weighted by molar-refractivity contribution is 5.96. The highest BCUT2D eigenvalue weighted by atomic mass is 19.1. The molecule has 3 heterocycles. The number of rotatable bonds is 6. The van der Waals surface area contributed by atoms with Crippen molar-refractivity contribution >= 4 is 28.6 Å². The molecule has 2 aromatic heterocycles. The van der Waals surface area contributed by atoms with Crippen molar-refractivity contribution in [2.24, 2.45) is 11.8 Å². The fraction of sp³-hybridized carbons (Fsp3) is 0.310. The number of benzene rings is 2. The summed E-state index contributed by atoms with van der Waals surface area (Å²) < 4.78 is 19.1. The van der Waals surface area contributed by atoms with Crippen molar-refractivity contribution in [1.29, 1.82) is 0 Å². The van der Waals surface area contributed by atoms with Crippen LogP contribution in [0.15, 0.2) is 71.3 Å². The summed E-state index contributed by atoms with van der Waals surface area (Å²) in [7, 11) is 0. The quantitative estimate of drug-likeness (QED) is 0.391. The Kier molecular flexibility index (Phi) is 6.16. The van der Waals surface area contributed by atoms with Gasteiger partial charge in [-0.2, -0.15) is 0 Å². The molecule has 2 atom stereocenters. The number of hydrogen-bond acceptors (Lipinski definition) is 5. The average molecular weight is 499 g/mol. The van der Waals surface area contributed by atoms with Crippen molar-refractivity contribution in [3.8, 4) is 11.5 Å². The second-order valence-electron chi connectivity index (χ2n) is 9.90. The molecule has 1 aliphatic carbocycles. The lowest BCUT2D eigenvalue weighted by Crippen LogP contribution is -2.39. The maximum Gasteiger partial charge on any atom is 0.272 e. The number of pyridine rings is 1. The first-order valence-corrected chi connectivity index (χ1v) is 12.7. The van der Waals surface area contributed by atoms with Crippen LogP contribution in [0.5, 0.6) is 0 Å². The summed E-state index contributed by atoms with van der Waals surface area (Å²) >= 11 is 0. The first-order valence-electron chi connectivity index (χ1n) is 12.7. The molecule has 2 aliphatic rings. The van der Waals surface area contributed by atoms with Crippen LogP contribution in [-0.4, -0.2) is 45.9 Å². The topological polar surface area (TPSA) is 88.3 Å². The fourth-order valence-electron chi connectivity index (χ4n) is 4.93. The van der Waals surface area contributed by atoms with Crippen LogP contribution in [0.2, 0.25) is 0 Å². The molecule has 37 heavy (non-hydrogen) atoms. The Bertz CT molecular complexity index is 1450. The fourth-order valence-corrected chi connectivity index (χ4v) is 4.93. The van der Waals surface area contributed by atoms with Crippen LogP contribution in [0.4, 0.5) is 10.1 Å². The van der Waals surface area contributed by atoms with Gasteiger partial charge in [-0.25, -0.2) is 9.37 Å². The number of carbonyl (C=O) groups excluding carboxylic acids is 2. The van der Waals surface area contributed by atoms with Gasteiger partial charge in [-0.1, -0.05) is 30.3 Å². The zero-order valence-electron chi connectivity index (χ0n) is 20.3. The van der Waals surface area contributed by atoms with Gasteiger partial charge in [0.25, 0.3) is 5.91 Å². The van der Waals surface area contributed by atoms with Crippen molar-refractivity contribution < 1.29 is 18.4 Å². The minimum Gasteiger partial charge on any atom is -0.436 e. The highest BCUT2D eigenvalue weighted by Gasteiger charge is 2.43. The third kappa shape index (κ3) is 5.09. The molecule has 7 nitrogen and oxygen atoms in total. The molecule has 8 heteroatoms. The van der Waals surface area contributed by atoms with Crippen LogP contribution >= 0.6 is 0 Å². The molecular weight excluding hydrogens is 471 g/mol. The molecule has 1 saturated carbocycles. The lowest BCUT2D eigenvalue weighted by Gasteiger charge is -2.32. The minimum absolute atomic E-state index is 0.0904. The predicted molar refractivity (Wildman–Crippen MR) is 138 cm³/mol. The van der Waals surface area contributed by atoms with Gasteiger partial charge in [-0.05, 0) is 67.5 Å². The number of nitrogens with one attached hydrogen (secondary N) is 1. The van der Waals surface area contributed by atoms with Gasteiger partial charge in [0.2, 0.25) is 11.8 Å². The van der Waals surface area contributed by atoms with Crippen molar-refractivity contribution in [3.05, 3.63) is 78.1 Å². The van der Waals surface area contributed by atoms with Gasteiger partial charge < -0.3 is 14.6 Å². The molecule has 0 radical (unpaired) electrons. The Morgan fingerprint density at radius 2 is 1.84 bits per heavy atom. The van der Waals surface area contributed by atoms with Gasteiger partial charge in [0, 0.05) is 30.5 Å². The number of oxazole rings is 1. The zero-order chi connectivity index (χ0) is 25.4. The van der Waals surface area contributed by atoms with Crippen molar-refractivity contribution in [2.45, 2.75) is 31.9 Å². The highest BCUT2D eigenvalue weighted by Crippen LogP contribution is 2.35. The number of alkyl halides is 1. The van der Waals surface area contributed by atoms with E-state index in [1.165, 1.54) is 5.56 Å². The lowest BCUT2D eigenvalue weighted by molar-refractivity contribution is -0.117. The molecule has 0 bridgehead atoms. The summed E-state index contributed by atoms with van der Waals surface area (Å²) in [4.78, 5) is 36.0. The summed E-state index contributed by atoms with van der Waals surface area (Å²) in [6, 6.07) is 19.1. The third-order valence-corrected chi connectivity index (χ3v) is 7.20. The van der Waals surface area contributed by atoms with E-state index >= 15 is 0 Å². The summed E-state index contributed by atoms with van der Waals surface area (Å²) in [5.74, 6) is -0.0410. The summed E-state index contributed by atoms with van der Waals surface area (Å²) in [5, 5.41) is 2.73. The molecule has 2 aromatic carbocycles. The van der Waals surface area contributed by atoms with Gasteiger partial charge in [0.05, 0.1) is 5.92 Å². The van der Waals surface area contributed by atoms with Crippen LogP contribution in [0.1, 0.15) is 35.3 Å². The Morgan fingerprint density at radius 3 is 2.59 bits per heavy atom. The van der Waals surface area contributed by atoms with Gasteiger partial charge >= 0.3 is 0 Å². The van der Waals surface area contributed by atoms with E-state index in [0.717, 1.165) is 19.3 Å². The maximum absolute atomic E-state index is 13.2. The van der Waals surface area contributed by atoms with E-state index in [2.05, 4.69) is 39.6 Å². The number of amides is 2. The number of aromatic nitrogens is 2. The summed E-state index contributed by atoms with van der Waals surface area (Å²) in [6.45, 7) is 1.42. The number of fused-ring (bicyclic) bond motifs is 1. The normalized spacial score (nSPS) is 19.6. The summed E-state index contributed by atoms with van der Waals surface area (Å²) in [6.07, 6.45) is 3.79. The second-order valence-corrected chi connectivity index (χ2v) is 9.90. The smallest absolute Gasteiger partial charge is 0.272 e. The van der Waals surface area contributed by atoms with Crippen LogP contribution in [0.3, 0.4) is 0 Å². The summed E-state index contributed by atoms with van der Waals surface area (Å²) in [5.41, 5.74) is 4.00. The zero-order valence-corrected chi connectivity index (χ0v) is 20.3. The molecule has 2 amide bonds. The number of piperidine rings is 1. The van der Waals surface area contributed by atoms with Crippen molar-refractivity contribution in [2.75, 3.05) is 18.4 Å². The monoisotopic (exact) mass is 498 g/mol. The lowest BCUT2D eigenvalue weighted by atomic mass is 9.90. The van der Waals surface area contributed by atoms with E-state index in [1.54, 1.807) is 36.5 Å². The number of anilines is 1. The van der Waals surface area contributed by atoms with Gasteiger partial charge in [0.1, 0.15) is 17.4 Å². The van der Waals surface area contributed by atoms with E-state index in [0.29, 0.717) is 52.9 Å². The van der Waals surface area contributed by atoms with Crippen molar-refractivity contribution in [1.82, 2.24) is 14.9 Å². The molecule has 6 rings (SSSR count). The van der Waals surface area contributed by atoms with E-state index in [4.69, 9.17) is 4.42 Å². The average Bonchev–Trinajstić information content (AvgIpc) is 3.51. The van der Waals surface area contributed by atoms with E-state index in [-0.39, 0.29) is 18.2 Å². The Labute approximate surface area is 213 Å². The molecule has 1 aliphatic heterocycles. The molecule has 1 N–H and O–H groups in total. The van der Waals surface area contributed by atoms with E-state index in [9.17, 15) is 14.0 Å². The van der Waals surface area contributed by atoms with Crippen molar-refractivity contribution in [3.63, 3.8) is 0 Å². The molecule has 2 fully saturated rings. The van der Waals surface area contributed by atoms with Crippen LogP contribution in [-0.2, 0) is 11.2 Å². The van der Waals surface area contributed by atoms with Gasteiger partial charge in [-0.15, -0.1) is 0 Å². The predicted octanol–water partition coefficient (Wildman–Crippen LogP) is 5.28. The Balaban J connectivity index is 1.12. The first kappa shape index (κ1) is 23.3. The number of halogens is 1. The maximum atomic E-state index is 13.2. The van der Waals surface area contributed by atoms with Crippen LogP contribution in [0.25, 0.3) is 22.6 Å². The number of hydrogen-bond donors (Lipinski definition) is 1. The molecule has 0 unspecified atom stereocenters. The largest absolute Gasteiger partial charge is 0.436 e.